The van der Waals surface area contributed by atoms with Gasteiger partial charge in [-0.2, -0.15) is 0 Å². The molecule has 2 atom stereocenters. The van der Waals surface area contributed by atoms with Crippen LogP contribution in [0.15, 0.2) is 108 Å². The van der Waals surface area contributed by atoms with E-state index in [0.717, 1.165) is 19.1 Å². The molecular formula is C38H38Cl2SiZr. The van der Waals surface area contributed by atoms with E-state index in [9.17, 15) is 0 Å². The summed E-state index contributed by atoms with van der Waals surface area (Å²) in [5, 5.41) is 0. The normalized spacial score (nSPS) is 20.0. The maximum Gasteiger partial charge on any atom is -0.147 e. The second-order valence-corrected chi connectivity index (χ2v) is 30.4. The van der Waals surface area contributed by atoms with E-state index in [1.54, 1.807) is 22.3 Å². The van der Waals surface area contributed by atoms with Gasteiger partial charge in [0.25, 0.3) is 0 Å². The molecule has 0 aliphatic heterocycles. The molecule has 4 aliphatic rings. The van der Waals surface area contributed by atoms with Crippen molar-refractivity contribution >= 4 is 42.4 Å². The van der Waals surface area contributed by atoms with Gasteiger partial charge in [0, 0.05) is 0 Å². The number of rotatable bonds is 6. The summed E-state index contributed by atoms with van der Waals surface area (Å²) in [6.07, 6.45) is 11.0. The van der Waals surface area contributed by atoms with E-state index >= 15 is 0 Å². The first kappa shape index (κ1) is 30.1. The average molecular weight is 685 g/mol. The molecule has 0 N–H and O–H groups in total. The summed E-state index contributed by atoms with van der Waals surface area (Å²) in [6, 6.07) is 36.8. The first-order valence-electron chi connectivity index (χ1n) is 15.2. The Kier molecular flexibility index (Phi) is 8.74. The third-order valence-electron chi connectivity index (χ3n) is 9.66. The van der Waals surface area contributed by atoms with Crippen molar-refractivity contribution < 1.29 is 20.4 Å². The Hall–Kier alpha value is -1.96. The van der Waals surface area contributed by atoms with Crippen LogP contribution >= 0.6 is 24.8 Å². The van der Waals surface area contributed by atoms with Crippen LogP contribution in [0.25, 0.3) is 34.4 Å². The summed E-state index contributed by atoms with van der Waals surface area (Å²) >= 11 is -2.11. The maximum atomic E-state index is 2.70. The molecule has 2 fully saturated rings. The number of hydrogen-bond donors (Lipinski definition) is 0. The van der Waals surface area contributed by atoms with Gasteiger partial charge < -0.3 is 0 Å². The van der Waals surface area contributed by atoms with Crippen LogP contribution in [0.5, 0.6) is 0 Å². The van der Waals surface area contributed by atoms with Gasteiger partial charge in [-0.15, -0.1) is 24.8 Å². The monoisotopic (exact) mass is 682 g/mol. The second kappa shape index (κ2) is 12.2. The van der Waals surface area contributed by atoms with E-state index in [1.165, 1.54) is 47.9 Å². The fourth-order valence-electron chi connectivity index (χ4n) is 7.57. The molecule has 0 nitrogen and oxygen atoms in total. The zero-order chi connectivity index (χ0) is 26.8. The third kappa shape index (κ3) is 5.21. The van der Waals surface area contributed by atoms with Gasteiger partial charge in [-0.3, -0.25) is 0 Å². The molecule has 212 valence electrons. The Morgan fingerprint density at radius 1 is 0.524 bits per heavy atom. The van der Waals surface area contributed by atoms with Gasteiger partial charge in [0.15, 0.2) is 0 Å². The molecule has 0 saturated heterocycles. The minimum atomic E-state index is -2.11. The van der Waals surface area contributed by atoms with Gasteiger partial charge in [-0.25, -0.2) is 0 Å². The fourth-order valence-corrected chi connectivity index (χ4v) is 28.1. The van der Waals surface area contributed by atoms with E-state index < -0.39 is 25.8 Å². The molecule has 0 aromatic heterocycles. The summed E-state index contributed by atoms with van der Waals surface area (Å²) in [4.78, 5) is 0. The van der Waals surface area contributed by atoms with E-state index in [-0.39, 0.29) is 24.8 Å². The van der Waals surface area contributed by atoms with Crippen LogP contribution < -0.4 is 0 Å². The number of hydrogen-bond acceptors (Lipinski definition) is 0. The zero-order valence-corrected chi connectivity index (χ0v) is 29.4. The first-order chi connectivity index (χ1) is 19.7. The molecule has 2 saturated carbocycles. The quantitative estimate of drug-likeness (QED) is 0.177. The van der Waals surface area contributed by atoms with Gasteiger partial charge in [0.1, 0.15) is 0 Å². The molecule has 0 heterocycles. The van der Waals surface area contributed by atoms with Gasteiger partial charge in [-0.1, -0.05) is 0 Å². The van der Waals surface area contributed by atoms with Crippen molar-refractivity contribution in [3.05, 3.63) is 130 Å². The smallest absolute Gasteiger partial charge is 0.147 e. The fraction of sp³-hybridized carbons (Fsp3) is 0.263. The Balaban J connectivity index is 0.00000158. The molecule has 0 spiro atoms. The first-order valence-corrected chi connectivity index (χ1v) is 24.2. The third-order valence-corrected chi connectivity index (χ3v) is 29.0. The summed E-state index contributed by atoms with van der Waals surface area (Å²) in [7, 11) is 0. The maximum absolute atomic E-state index is 2.70. The van der Waals surface area contributed by atoms with Crippen LogP contribution in [-0.2, 0) is 20.4 Å². The van der Waals surface area contributed by atoms with E-state index in [1.807, 2.05) is 11.1 Å². The number of halogens is 2. The molecule has 2 unspecified atom stereocenters. The summed E-state index contributed by atoms with van der Waals surface area (Å²) in [6.45, 7) is 5.37. The van der Waals surface area contributed by atoms with Crippen molar-refractivity contribution in [1.29, 1.82) is 0 Å². The molecule has 4 aromatic carbocycles. The van der Waals surface area contributed by atoms with Crippen molar-refractivity contribution in [2.24, 2.45) is 11.8 Å². The molecule has 4 aromatic rings. The summed E-state index contributed by atoms with van der Waals surface area (Å²) in [5.74, 6) is 1.64. The van der Waals surface area contributed by atoms with E-state index in [0.29, 0.717) is 0 Å². The molecule has 42 heavy (non-hydrogen) atoms. The largest absolute Gasteiger partial charge is 0.147 e. The van der Waals surface area contributed by atoms with Crippen LogP contribution in [0.2, 0.25) is 13.1 Å². The average Bonchev–Trinajstić information content (AvgIpc) is 3.93. The topological polar surface area (TPSA) is 0 Å². The van der Waals surface area contributed by atoms with Crippen LogP contribution in [0.4, 0.5) is 0 Å². The Bertz CT molecular complexity index is 1600. The van der Waals surface area contributed by atoms with Crippen molar-refractivity contribution in [2.45, 2.75) is 46.0 Å². The Labute approximate surface area is 271 Å². The van der Waals surface area contributed by atoms with Crippen molar-refractivity contribution in [2.75, 3.05) is 0 Å². The van der Waals surface area contributed by atoms with Crippen molar-refractivity contribution in [3.8, 4) is 22.3 Å². The molecule has 4 heteroatoms. The van der Waals surface area contributed by atoms with Crippen LogP contribution in [0.3, 0.4) is 0 Å². The zero-order valence-electron chi connectivity index (χ0n) is 24.3. The van der Waals surface area contributed by atoms with Crippen LogP contribution in [-0.4, -0.2) is 5.43 Å². The number of fused-ring (bicyclic) bond motifs is 2. The number of allylic oxidation sites excluding steroid dienone is 2. The summed E-state index contributed by atoms with van der Waals surface area (Å²) in [5.41, 5.74) is 15.3. The van der Waals surface area contributed by atoms with Crippen molar-refractivity contribution in [3.63, 3.8) is 0 Å². The second-order valence-electron chi connectivity index (χ2n) is 12.5. The molecule has 0 bridgehead atoms. The molecule has 0 amide bonds. The molecular weight excluding hydrogens is 647 g/mol. The Morgan fingerprint density at radius 3 is 1.29 bits per heavy atom. The minimum Gasteiger partial charge on any atom is -0.147 e. The minimum absolute atomic E-state index is 0. The van der Waals surface area contributed by atoms with Gasteiger partial charge in [-0.05, 0) is 0 Å². The Morgan fingerprint density at radius 2 is 0.929 bits per heavy atom. The molecule has 0 radical (unpaired) electrons. The summed E-state index contributed by atoms with van der Waals surface area (Å²) < 4.78 is 1.46. The molecule has 4 aliphatic carbocycles. The SMILES string of the molecule is C[Si](C)=[Zr]([CH]1C(C2CC2)=Cc2c(-c3ccccc3)cccc21)[CH]1C(C2CC2)=Cc2c(-c3ccccc3)cccc21.Cl.Cl. The van der Waals surface area contributed by atoms with Crippen molar-refractivity contribution in [1.82, 2.24) is 0 Å². The standard InChI is InChI=1S/2C18H15.C2H6Si.2ClH.Zr/c2*1-2-5-14(6-3-1)17-8-4-7-15-11-16(12-18(15)17)13-9-10-13;1-3-2;;;/h2*1-8,11-13H,9-10H2;1-2H3;2*1H;. The predicted molar refractivity (Wildman–Crippen MR) is 183 cm³/mol. The van der Waals surface area contributed by atoms with E-state index in [4.69, 9.17) is 0 Å². The van der Waals surface area contributed by atoms with Crippen LogP contribution in [0.1, 0.15) is 55.2 Å². The predicted octanol–water partition coefficient (Wildman–Crippen LogP) is 11.1. The van der Waals surface area contributed by atoms with Gasteiger partial charge >= 0.3 is 249 Å². The van der Waals surface area contributed by atoms with Crippen LogP contribution in [0, 0.1) is 11.8 Å². The van der Waals surface area contributed by atoms with Gasteiger partial charge in [0.05, 0.1) is 0 Å². The van der Waals surface area contributed by atoms with Gasteiger partial charge in [0.2, 0.25) is 0 Å². The molecule has 8 rings (SSSR count). The number of benzene rings is 4. The van der Waals surface area contributed by atoms with E-state index in [2.05, 4.69) is 122 Å².